The van der Waals surface area contributed by atoms with Gasteiger partial charge in [0.1, 0.15) is 0 Å². The number of ketones is 1. The Labute approximate surface area is 109 Å². The summed E-state index contributed by atoms with van der Waals surface area (Å²) in [5.74, 6) is 0.105. The third-order valence-electron chi connectivity index (χ3n) is 3.25. The molecule has 0 aromatic heterocycles. The second kappa shape index (κ2) is 5.63. The van der Waals surface area contributed by atoms with E-state index in [-0.39, 0.29) is 5.78 Å². The minimum absolute atomic E-state index is 0.105. The van der Waals surface area contributed by atoms with Gasteiger partial charge in [0.05, 0.1) is 0 Å². The maximum absolute atomic E-state index is 11.3. The summed E-state index contributed by atoms with van der Waals surface area (Å²) in [6.07, 6.45) is 8.13. The third kappa shape index (κ3) is 3.07. The molecule has 1 heteroatoms. The Morgan fingerprint density at radius 2 is 2.17 bits per heavy atom. The number of carbonyl (C=O) groups excluding carboxylic acids is 1. The van der Waals surface area contributed by atoms with Crippen LogP contribution in [0.2, 0.25) is 0 Å². The second-order valence-electron chi connectivity index (χ2n) is 4.73. The van der Waals surface area contributed by atoms with E-state index in [1.807, 2.05) is 0 Å². The van der Waals surface area contributed by atoms with E-state index in [9.17, 15) is 4.79 Å². The van der Waals surface area contributed by atoms with Gasteiger partial charge in [-0.25, -0.2) is 0 Å². The normalized spacial score (nSPS) is 14.7. The summed E-state index contributed by atoms with van der Waals surface area (Å²) in [6.45, 7) is 5.61. The van der Waals surface area contributed by atoms with Gasteiger partial charge in [-0.3, -0.25) is 4.79 Å². The highest BCUT2D eigenvalue weighted by Crippen LogP contribution is 2.28. The first-order valence-corrected chi connectivity index (χ1v) is 6.30. The van der Waals surface area contributed by atoms with Crippen LogP contribution in [0.3, 0.4) is 0 Å². The number of rotatable bonds is 4. The Morgan fingerprint density at radius 3 is 2.78 bits per heavy atom. The van der Waals surface area contributed by atoms with E-state index in [0.29, 0.717) is 6.42 Å². The Kier molecular flexibility index (Phi) is 3.93. The second-order valence-corrected chi connectivity index (χ2v) is 4.73. The Morgan fingerprint density at radius 1 is 1.33 bits per heavy atom. The summed E-state index contributed by atoms with van der Waals surface area (Å²) in [7, 11) is 0. The monoisotopic (exact) mass is 238 g/mol. The third-order valence-corrected chi connectivity index (χ3v) is 3.25. The Hall–Kier alpha value is -1.89. The molecule has 18 heavy (non-hydrogen) atoms. The van der Waals surface area contributed by atoms with Crippen LogP contribution in [-0.2, 0) is 4.79 Å². The van der Waals surface area contributed by atoms with E-state index in [1.165, 1.54) is 28.3 Å². The van der Waals surface area contributed by atoms with E-state index < -0.39 is 0 Å². The van der Waals surface area contributed by atoms with Crippen LogP contribution in [0.5, 0.6) is 0 Å². The largest absolute Gasteiger partial charge is 0.295 e. The van der Waals surface area contributed by atoms with Crippen LogP contribution in [0.25, 0.3) is 5.57 Å². The minimum Gasteiger partial charge on any atom is -0.295 e. The molecule has 0 N–H and O–H groups in total. The highest BCUT2D eigenvalue weighted by Gasteiger charge is 2.10. The maximum Gasteiger partial charge on any atom is 0.159 e. The van der Waals surface area contributed by atoms with E-state index in [0.717, 1.165) is 12.8 Å². The molecule has 0 radical (unpaired) electrons. The minimum atomic E-state index is 0.105. The number of hydrogen-bond donors (Lipinski definition) is 0. The lowest BCUT2D eigenvalue weighted by Gasteiger charge is -2.14. The lowest BCUT2D eigenvalue weighted by atomic mass is 9.91. The van der Waals surface area contributed by atoms with E-state index in [2.05, 4.69) is 49.9 Å². The molecule has 0 heterocycles. The standard InChI is InChI=1S/C17H18O/c1-3-17(18)12-14-7-9-15(10-8-14)16-6-4-5-13(2)11-16/h3-7,9,11H,1,8,10,12H2,2H3. The van der Waals surface area contributed by atoms with Crippen molar-refractivity contribution in [1.29, 1.82) is 0 Å². The van der Waals surface area contributed by atoms with Gasteiger partial charge in [-0.05, 0) is 37.0 Å². The SMILES string of the molecule is C=CC(=O)CC1=CC=C(c2cccc(C)c2)CC1. The van der Waals surface area contributed by atoms with Gasteiger partial charge in [0.25, 0.3) is 0 Å². The van der Waals surface area contributed by atoms with E-state index in [4.69, 9.17) is 0 Å². The Balaban J connectivity index is 2.14. The van der Waals surface area contributed by atoms with Gasteiger partial charge in [-0.1, -0.05) is 54.1 Å². The molecule has 1 aromatic carbocycles. The van der Waals surface area contributed by atoms with Crippen molar-refractivity contribution in [2.24, 2.45) is 0 Å². The molecule has 92 valence electrons. The fourth-order valence-electron chi connectivity index (χ4n) is 2.21. The maximum atomic E-state index is 11.3. The number of carbonyl (C=O) groups is 1. The van der Waals surface area contributed by atoms with Gasteiger partial charge in [0.2, 0.25) is 0 Å². The van der Waals surface area contributed by atoms with E-state index in [1.54, 1.807) is 0 Å². The molecular formula is C17H18O. The summed E-state index contributed by atoms with van der Waals surface area (Å²) < 4.78 is 0. The first kappa shape index (κ1) is 12.6. The molecule has 1 nitrogen and oxygen atoms in total. The summed E-state index contributed by atoms with van der Waals surface area (Å²) in [5.41, 5.74) is 5.13. The van der Waals surface area contributed by atoms with Crippen LogP contribution < -0.4 is 0 Å². The molecule has 2 rings (SSSR count). The fraction of sp³-hybridized carbons (Fsp3) is 0.235. The van der Waals surface area contributed by atoms with Gasteiger partial charge < -0.3 is 0 Å². The highest BCUT2D eigenvalue weighted by molar-refractivity contribution is 5.91. The van der Waals surface area contributed by atoms with Crippen LogP contribution in [0.15, 0.2) is 54.6 Å². The molecule has 0 aliphatic heterocycles. The zero-order valence-electron chi connectivity index (χ0n) is 10.8. The average Bonchev–Trinajstić information content (AvgIpc) is 2.39. The lowest BCUT2D eigenvalue weighted by Crippen LogP contribution is -1.99. The number of aryl methyl sites for hydroxylation is 1. The molecule has 0 unspecified atom stereocenters. The topological polar surface area (TPSA) is 17.1 Å². The first-order valence-electron chi connectivity index (χ1n) is 6.30. The van der Waals surface area contributed by atoms with Crippen molar-refractivity contribution in [3.05, 3.63) is 65.8 Å². The average molecular weight is 238 g/mol. The van der Waals surface area contributed by atoms with Gasteiger partial charge in [-0.15, -0.1) is 0 Å². The zero-order valence-corrected chi connectivity index (χ0v) is 10.8. The molecule has 1 aliphatic carbocycles. The van der Waals surface area contributed by atoms with Crippen LogP contribution in [0, 0.1) is 6.92 Å². The number of allylic oxidation sites excluding steroid dienone is 5. The smallest absolute Gasteiger partial charge is 0.159 e. The van der Waals surface area contributed by atoms with Crippen molar-refractivity contribution in [3.63, 3.8) is 0 Å². The molecule has 0 bridgehead atoms. The number of benzene rings is 1. The zero-order chi connectivity index (χ0) is 13.0. The predicted octanol–water partition coefficient (Wildman–Crippen LogP) is 4.24. The van der Waals surface area contributed by atoms with Crippen LogP contribution in [0.1, 0.15) is 30.4 Å². The molecule has 0 atom stereocenters. The van der Waals surface area contributed by atoms with Crippen molar-refractivity contribution < 1.29 is 4.79 Å². The molecule has 0 saturated carbocycles. The Bertz CT molecular complexity index is 532. The van der Waals surface area contributed by atoms with Crippen molar-refractivity contribution in [3.8, 4) is 0 Å². The predicted molar refractivity (Wildman–Crippen MR) is 76.3 cm³/mol. The highest BCUT2D eigenvalue weighted by atomic mass is 16.1. The number of hydrogen-bond acceptors (Lipinski definition) is 1. The molecule has 0 spiro atoms. The van der Waals surface area contributed by atoms with Crippen molar-refractivity contribution in [1.82, 2.24) is 0 Å². The summed E-state index contributed by atoms with van der Waals surface area (Å²) in [5, 5.41) is 0. The van der Waals surface area contributed by atoms with Gasteiger partial charge >= 0.3 is 0 Å². The molecule has 1 aliphatic rings. The van der Waals surface area contributed by atoms with Crippen LogP contribution >= 0.6 is 0 Å². The van der Waals surface area contributed by atoms with Crippen molar-refractivity contribution in [2.45, 2.75) is 26.2 Å². The molecule has 1 aromatic rings. The molecular weight excluding hydrogens is 220 g/mol. The first-order chi connectivity index (χ1) is 8.69. The molecule has 0 amide bonds. The van der Waals surface area contributed by atoms with Crippen molar-refractivity contribution in [2.75, 3.05) is 0 Å². The van der Waals surface area contributed by atoms with Gasteiger partial charge in [0.15, 0.2) is 5.78 Å². The van der Waals surface area contributed by atoms with Gasteiger partial charge in [0, 0.05) is 6.42 Å². The summed E-state index contributed by atoms with van der Waals surface area (Å²) in [6, 6.07) is 8.55. The van der Waals surface area contributed by atoms with Crippen LogP contribution in [-0.4, -0.2) is 5.78 Å². The van der Waals surface area contributed by atoms with E-state index >= 15 is 0 Å². The van der Waals surface area contributed by atoms with Crippen LogP contribution in [0.4, 0.5) is 0 Å². The lowest BCUT2D eigenvalue weighted by molar-refractivity contribution is -0.114. The quantitative estimate of drug-likeness (QED) is 0.717. The summed E-state index contributed by atoms with van der Waals surface area (Å²) >= 11 is 0. The fourth-order valence-corrected chi connectivity index (χ4v) is 2.21. The molecule has 0 fully saturated rings. The van der Waals surface area contributed by atoms with Crippen molar-refractivity contribution >= 4 is 11.4 Å². The summed E-state index contributed by atoms with van der Waals surface area (Å²) in [4.78, 5) is 11.3. The van der Waals surface area contributed by atoms with Gasteiger partial charge in [-0.2, -0.15) is 0 Å². The molecule has 0 saturated heterocycles.